The Balaban J connectivity index is 2.36. The zero-order chi connectivity index (χ0) is 25.5. The third-order valence-corrected chi connectivity index (χ3v) is 5.70. The molecule has 0 saturated heterocycles. The predicted octanol–water partition coefficient (Wildman–Crippen LogP) is 4.06. The number of nitriles is 1. The van der Waals surface area contributed by atoms with E-state index in [4.69, 9.17) is 4.74 Å². The number of hydrogen-bond donors (Lipinski definition) is 2. The van der Waals surface area contributed by atoms with Crippen molar-refractivity contribution in [2.45, 2.75) is 97.4 Å². The molecular weight excluding hydrogens is 432 g/mol. The highest BCUT2D eigenvalue weighted by Gasteiger charge is 2.35. The maximum absolute atomic E-state index is 13.6. The van der Waals surface area contributed by atoms with Crippen LogP contribution in [0.2, 0.25) is 0 Å². The van der Waals surface area contributed by atoms with Crippen LogP contribution in [0.4, 0.5) is 4.79 Å². The van der Waals surface area contributed by atoms with E-state index in [1.807, 2.05) is 38.1 Å². The molecule has 0 bridgehead atoms. The van der Waals surface area contributed by atoms with Crippen molar-refractivity contribution < 1.29 is 19.1 Å². The first-order valence-electron chi connectivity index (χ1n) is 12.0. The van der Waals surface area contributed by atoms with Crippen LogP contribution in [0.3, 0.4) is 0 Å². The molecule has 0 heterocycles. The molecule has 1 aromatic carbocycles. The third kappa shape index (κ3) is 8.05. The normalized spacial score (nSPS) is 16.0. The van der Waals surface area contributed by atoms with Gasteiger partial charge in [0.05, 0.1) is 6.07 Å². The second kappa shape index (κ2) is 11.9. The lowest BCUT2D eigenvalue weighted by atomic mass is 9.94. The zero-order valence-corrected chi connectivity index (χ0v) is 21.2. The number of rotatable bonds is 7. The minimum atomic E-state index is -0.990. The van der Waals surface area contributed by atoms with Gasteiger partial charge in [-0.3, -0.25) is 9.59 Å². The van der Waals surface area contributed by atoms with Gasteiger partial charge in [-0.05, 0) is 59.9 Å². The van der Waals surface area contributed by atoms with Gasteiger partial charge in [0.2, 0.25) is 11.8 Å². The highest BCUT2D eigenvalue weighted by atomic mass is 16.6. The summed E-state index contributed by atoms with van der Waals surface area (Å²) in [6.07, 6.45) is 4.32. The molecule has 2 atom stereocenters. The first-order chi connectivity index (χ1) is 15.9. The monoisotopic (exact) mass is 470 g/mol. The van der Waals surface area contributed by atoms with E-state index in [2.05, 4.69) is 10.6 Å². The Morgan fingerprint density at radius 1 is 1.12 bits per heavy atom. The number of alkyl carbamates (subject to hydrolysis) is 1. The SMILES string of the molecule is Cc1cc(C)cc(C(C(=O)NC2CCCCC2)N(CC#N)C(=O)C(C)NC(=O)OC(C)(C)C)c1. The second-order valence-electron chi connectivity index (χ2n) is 10.2. The molecule has 186 valence electrons. The molecule has 2 unspecified atom stereocenters. The molecule has 0 radical (unpaired) electrons. The number of aryl methyl sites for hydroxylation is 2. The number of ether oxygens (including phenoxy) is 1. The standard InChI is InChI=1S/C26H38N4O4/c1-17-14-18(2)16-20(15-17)22(23(31)29-21-10-8-7-9-11-21)30(13-12-27)24(32)19(3)28-25(33)34-26(4,5)6/h14-16,19,21-22H,7-11,13H2,1-6H3,(H,28,33)(H,29,31). The van der Waals surface area contributed by atoms with Crippen LogP contribution in [0.5, 0.6) is 0 Å². The van der Waals surface area contributed by atoms with E-state index in [0.29, 0.717) is 5.56 Å². The van der Waals surface area contributed by atoms with Crippen LogP contribution < -0.4 is 10.6 Å². The first-order valence-corrected chi connectivity index (χ1v) is 12.0. The number of carbonyl (C=O) groups excluding carboxylic acids is 3. The Morgan fingerprint density at radius 2 is 1.71 bits per heavy atom. The quantitative estimate of drug-likeness (QED) is 0.584. The summed E-state index contributed by atoms with van der Waals surface area (Å²) in [4.78, 5) is 40.5. The Labute approximate surface area is 203 Å². The summed E-state index contributed by atoms with van der Waals surface area (Å²) in [5.74, 6) is -0.847. The highest BCUT2D eigenvalue weighted by Crippen LogP contribution is 2.26. The number of hydrogen-bond acceptors (Lipinski definition) is 5. The molecule has 1 aliphatic carbocycles. The summed E-state index contributed by atoms with van der Waals surface area (Å²) in [7, 11) is 0. The van der Waals surface area contributed by atoms with Crippen LogP contribution in [-0.4, -0.2) is 47.0 Å². The number of nitrogens with zero attached hydrogens (tertiary/aromatic N) is 2. The molecule has 3 amide bonds. The second-order valence-corrected chi connectivity index (χ2v) is 10.2. The van der Waals surface area contributed by atoms with Gasteiger partial charge in [0.1, 0.15) is 24.2 Å². The van der Waals surface area contributed by atoms with Gasteiger partial charge in [-0.1, -0.05) is 48.6 Å². The zero-order valence-electron chi connectivity index (χ0n) is 21.2. The van der Waals surface area contributed by atoms with Crippen molar-refractivity contribution in [3.8, 4) is 6.07 Å². The van der Waals surface area contributed by atoms with Crippen LogP contribution >= 0.6 is 0 Å². The van der Waals surface area contributed by atoms with Crippen molar-refractivity contribution >= 4 is 17.9 Å². The lowest BCUT2D eigenvalue weighted by Crippen LogP contribution is -2.53. The van der Waals surface area contributed by atoms with Crippen molar-refractivity contribution in [2.24, 2.45) is 0 Å². The van der Waals surface area contributed by atoms with E-state index >= 15 is 0 Å². The lowest BCUT2D eigenvalue weighted by Gasteiger charge is -2.34. The molecule has 1 saturated carbocycles. The average Bonchev–Trinajstić information content (AvgIpc) is 2.71. The van der Waals surface area contributed by atoms with Crippen LogP contribution in [0.25, 0.3) is 0 Å². The Hall–Kier alpha value is -3.08. The number of amides is 3. The number of carbonyl (C=O) groups is 3. The number of nitrogens with one attached hydrogen (secondary N) is 2. The summed E-state index contributed by atoms with van der Waals surface area (Å²) >= 11 is 0. The van der Waals surface area contributed by atoms with Gasteiger partial charge >= 0.3 is 6.09 Å². The van der Waals surface area contributed by atoms with Crippen molar-refractivity contribution in [2.75, 3.05) is 6.54 Å². The lowest BCUT2D eigenvalue weighted by molar-refractivity contribution is -0.141. The van der Waals surface area contributed by atoms with Gasteiger partial charge in [-0.25, -0.2) is 4.79 Å². The van der Waals surface area contributed by atoms with Gasteiger partial charge < -0.3 is 20.3 Å². The van der Waals surface area contributed by atoms with Crippen molar-refractivity contribution in [1.29, 1.82) is 5.26 Å². The van der Waals surface area contributed by atoms with Crippen LogP contribution in [-0.2, 0) is 14.3 Å². The smallest absolute Gasteiger partial charge is 0.408 e. The fourth-order valence-corrected chi connectivity index (χ4v) is 4.34. The summed E-state index contributed by atoms with van der Waals surface area (Å²) in [5.41, 5.74) is 1.82. The maximum Gasteiger partial charge on any atom is 0.408 e. The van der Waals surface area contributed by atoms with E-state index in [-0.39, 0.29) is 18.5 Å². The summed E-state index contributed by atoms with van der Waals surface area (Å²) in [5, 5.41) is 15.2. The van der Waals surface area contributed by atoms with E-state index in [1.54, 1.807) is 20.8 Å². The molecule has 8 heteroatoms. The van der Waals surface area contributed by atoms with Crippen molar-refractivity contribution in [1.82, 2.24) is 15.5 Å². The van der Waals surface area contributed by atoms with Crippen LogP contribution in [0.1, 0.15) is 82.5 Å². The van der Waals surface area contributed by atoms with Crippen LogP contribution in [0.15, 0.2) is 18.2 Å². The van der Waals surface area contributed by atoms with E-state index < -0.39 is 29.7 Å². The topological polar surface area (TPSA) is 112 Å². The van der Waals surface area contributed by atoms with E-state index in [9.17, 15) is 19.6 Å². The average molecular weight is 471 g/mol. The molecule has 1 aromatic rings. The summed E-state index contributed by atoms with van der Waals surface area (Å²) < 4.78 is 5.26. The molecule has 2 N–H and O–H groups in total. The fraction of sp³-hybridized carbons (Fsp3) is 0.615. The first kappa shape index (κ1) is 27.2. The van der Waals surface area contributed by atoms with Gasteiger partial charge in [0, 0.05) is 6.04 Å². The molecule has 34 heavy (non-hydrogen) atoms. The molecule has 1 fully saturated rings. The van der Waals surface area contributed by atoms with Gasteiger partial charge in [0.15, 0.2) is 0 Å². The molecular formula is C26H38N4O4. The molecule has 0 aromatic heterocycles. The molecule has 0 aliphatic heterocycles. The summed E-state index contributed by atoms with van der Waals surface area (Å²) in [6, 6.07) is 5.80. The Bertz CT molecular complexity index is 905. The van der Waals surface area contributed by atoms with Crippen molar-refractivity contribution in [3.63, 3.8) is 0 Å². The van der Waals surface area contributed by atoms with Crippen molar-refractivity contribution in [3.05, 3.63) is 34.9 Å². The summed E-state index contributed by atoms with van der Waals surface area (Å²) in [6.45, 7) is 10.3. The molecule has 1 aliphatic rings. The van der Waals surface area contributed by atoms with E-state index in [1.165, 1.54) is 11.8 Å². The number of benzene rings is 1. The van der Waals surface area contributed by atoms with Gasteiger partial charge in [-0.15, -0.1) is 0 Å². The Kier molecular flexibility index (Phi) is 9.48. The molecule has 2 rings (SSSR count). The van der Waals surface area contributed by atoms with Gasteiger partial charge in [-0.2, -0.15) is 5.26 Å². The maximum atomic E-state index is 13.6. The van der Waals surface area contributed by atoms with Gasteiger partial charge in [0.25, 0.3) is 0 Å². The highest BCUT2D eigenvalue weighted by molar-refractivity contribution is 5.92. The minimum absolute atomic E-state index is 0.0472. The largest absolute Gasteiger partial charge is 0.444 e. The minimum Gasteiger partial charge on any atom is -0.444 e. The predicted molar refractivity (Wildman–Crippen MR) is 130 cm³/mol. The molecule has 0 spiro atoms. The third-order valence-electron chi connectivity index (χ3n) is 5.70. The fourth-order valence-electron chi connectivity index (χ4n) is 4.34. The molecule has 8 nitrogen and oxygen atoms in total. The van der Waals surface area contributed by atoms with Crippen LogP contribution in [0, 0.1) is 25.2 Å². The Morgan fingerprint density at radius 3 is 2.24 bits per heavy atom. The van der Waals surface area contributed by atoms with E-state index in [0.717, 1.165) is 43.2 Å².